The van der Waals surface area contributed by atoms with Crippen molar-refractivity contribution in [3.63, 3.8) is 0 Å². The molecule has 4 rings (SSSR count). The van der Waals surface area contributed by atoms with Crippen molar-refractivity contribution in [2.75, 3.05) is 0 Å². The summed E-state index contributed by atoms with van der Waals surface area (Å²) in [5.41, 5.74) is 0.532. The van der Waals surface area contributed by atoms with Crippen molar-refractivity contribution in [2.45, 2.75) is 85.7 Å². The summed E-state index contributed by atoms with van der Waals surface area (Å²) >= 11 is 0. The highest BCUT2D eigenvalue weighted by atomic mass is 16.6. The molecule has 2 saturated carbocycles. The maximum atomic E-state index is 6.27. The number of epoxide rings is 2. The molecule has 132 valence electrons. The molecule has 2 nitrogen and oxygen atoms in total. The molecule has 23 heavy (non-hydrogen) atoms. The Kier molecular flexibility index (Phi) is 3.11. The highest BCUT2D eigenvalue weighted by molar-refractivity contribution is 5.21. The Labute approximate surface area is 142 Å². The average Bonchev–Trinajstić information content (AvgIpc) is 3.38. The summed E-state index contributed by atoms with van der Waals surface area (Å²) in [4.78, 5) is 0. The van der Waals surface area contributed by atoms with Crippen LogP contribution in [0, 0.1) is 46.8 Å². The Morgan fingerprint density at radius 1 is 0.609 bits per heavy atom. The van der Waals surface area contributed by atoms with Crippen molar-refractivity contribution in [3.8, 4) is 0 Å². The Hall–Kier alpha value is -0.0800. The summed E-state index contributed by atoms with van der Waals surface area (Å²) in [5, 5.41) is 0. The van der Waals surface area contributed by atoms with E-state index in [4.69, 9.17) is 9.47 Å². The maximum absolute atomic E-state index is 6.27. The van der Waals surface area contributed by atoms with Crippen LogP contribution in [0.25, 0.3) is 0 Å². The zero-order valence-corrected chi connectivity index (χ0v) is 16.5. The Balaban J connectivity index is 1.77. The largest absolute Gasteiger partial charge is 0.366 e. The van der Waals surface area contributed by atoms with Gasteiger partial charge in [0.2, 0.25) is 0 Å². The van der Waals surface area contributed by atoms with Gasteiger partial charge in [-0.2, -0.15) is 0 Å². The average molecular weight is 321 g/mol. The van der Waals surface area contributed by atoms with E-state index in [9.17, 15) is 0 Å². The van der Waals surface area contributed by atoms with Gasteiger partial charge in [0.15, 0.2) is 0 Å². The number of hydrogen-bond acceptors (Lipinski definition) is 2. The second-order valence-corrected chi connectivity index (χ2v) is 10.2. The molecule has 2 saturated heterocycles. The van der Waals surface area contributed by atoms with Gasteiger partial charge in [-0.1, -0.05) is 48.5 Å². The minimum absolute atomic E-state index is 0.103. The lowest BCUT2D eigenvalue weighted by molar-refractivity contribution is -0.103. The van der Waals surface area contributed by atoms with Crippen LogP contribution in [0.5, 0.6) is 0 Å². The van der Waals surface area contributed by atoms with Gasteiger partial charge in [0.1, 0.15) is 0 Å². The van der Waals surface area contributed by atoms with Crippen LogP contribution in [0.15, 0.2) is 0 Å². The Morgan fingerprint density at radius 3 is 1.74 bits per heavy atom. The second-order valence-electron chi connectivity index (χ2n) is 10.2. The van der Waals surface area contributed by atoms with Gasteiger partial charge >= 0.3 is 0 Å². The van der Waals surface area contributed by atoms with Crippen LogP contribution in [0.2, 0.25) is 0 Å². The van der Waals surface area contributed by atoms with Crippen molar-refractivity contribution in [1.82, 2.24) is 0 Å². The zero-order chi connectivity index (χ0) is 17.1. The summed E-state index contributed by atoms with van der Waals surface area (Å²) in [6.45, 7) is 22.1. The Morgan fingerprint density at radius 2 is 1.13 bits per heavy atom. The fourth-order valence-corrected chi connectivity index (χ4v) is 7.41. The standard InChI is InChI=1S/C21H36O2/c1-10-11(2)17-20(8,22-17)14(5)16(10)19(7)13(4)12(3)18-21(9,23-18)15(19)6/h10-18H,1-9H3. The van der Waals surface area contributed by atoms with Gasteiger partial charge in [0.05, 0.1) is 23.4 Å². The molecule has 0 aromatic rings. The van der Waals surface area contributed by atoms with E-state index in [0.717, 1.165) is 0 Å². The van der Waals surface area contributed by atoms with Gasteiger partial charge in [0, 0.05) is 0 Å². The fraction of sp³-hybridized carbons (Fsp3) is 1.00. The fourth-order valence-electron chi connectivity index (χ4n) is 7.41. The number of fused-ring (bicyclic) bond motifs is 2. The third kappa shape index (κ3) is 1.68. The van der Waals surface area contributed by atoms with Crippen LogP contribution in [-0.4, -0.2) is 23.4 Å². The first-order chi connectivity index (χ1) is 10.5. The van der Waals surface area contributed by atoms with E-state index in [2.05, 4.69) is 62.3 Å². The molecule has 0 aromatic heterocycles. The van der Waals surface area contributed by atoms with Gasteiger partial charge in [0.25, 0.3) is 0 Å². The molecule has 0 amide bonds. The van der Waals surface area contributed by atoms with E-state index in [1.165, 1.54) is 0 Å². The normalized spacial score (nSPS) is 70.6. The molecule has 12 atom stereocenters. The van der Waals surface area contributed by atoms with E-state index in [-0.39, 0.29) is 11.2 Å². The summed E-state index contributed by atoms with van der Waals surface area (Å²) in [5.74, 6) is 4.66. The summed E-state index contributed by atoms with van der Waals surface area (Å²) in [6.07, 6.45) is 0.965. The molecule has 0 bridgehead atoms. The third-order valence-electron chi connectivity index (χ3n) is 9.85. The summed E-state index contributed by atoms with van der Waals surface area (Å²) < 4.78 is 12.5. The van der Waals surface area contributed by atoms with Crippen molar-refractivity contribution >= 4 is 0 Å². The van der Waals surface area contributed by atoms with E-state index in [1.54, 1.807) is 0 Å². The smallest absolute Gasteiger partial charge is 0.0954 e. The van der Waals surface area contributed by atoms with Crippen LogP contribution in [0.1, 0.15) is 62.3 Å². The highest BCUT2D eigenvalue weighted by Gasteiger charge is 2.74. The van der Waals surface area contributed by atoms with Crippen LogP contribution in [-0.2, 0) is 9.47 Å². The molecular formula is C21H36O2. The van der Waals surface area contributed by atoms with Gasteiger partial charge in [-0.3, -0.25) is 0 Å². The molecule has 2 aliphatic heterocycles. The SMILES string of the molecule is CC1C(C)C(C2(C)C(C)C(C)C3OC3(C)C2C)C(C)C2(C)OC12. The molecule has 4 aliphatic rings. The lowest BCUT2D eigenvalue weighted by Gasteiger charge is -2.58. The van der Waals surface area contributed by atoms with Crippen molar-refractivity contribution in [2.24, 2.45) is 46.8 Å². The molecule has 2 aliphatic carbocycles. The summed E-state index contributed by atoms with van der Waals surface area (Å²) in [6, 6.07) is 0. The molecule has 0 aromatic carbocycles. The van der Waals surface area contributed by atoms with Crippen molar-refractivity contribution in [3.05, 3.63) is 0 Å². The first-order valence-electron chi connectivity index (χ1n) is 9.86. The van der Waals surface area contributed by atoms with Gasteiger partial charge in [-0.15, -0.1) is 0 Å². The highest BCUT2D eigenvalue weighted by Crippen LogP contribution is 2.70. The Bertz CT molecular complexity index is 532. The van der Waals surface area contributed by atoms with Crippen molar-refractivity contribution < 1.29 is 9.47 Å². The summed E-state index contributed by atoms with van der Waals surface area (Å²) in [7, 11) is 0. The first-order valence-corrected chi connectivity index (χ1v) is 9.86. The van der Waals surface area contributed by atoms with E-state index in [0.29, 0.717) is 59.0 Å². The monoisotopic (exact) mass is 320 g/mol. The third-order valence-corrected chi connectivity index (χ3v) is 9.85. The van der Waals surface area contributed by atoms with Crippen molar-refractivity contribution in [1.29, 1.82) is 0 Å². The predicted octanol–water partition coefficient (Wildman–Crippen LogP) is 4.77. The molecule has 2 heterocycles. The molecule has 0 spiro atoms. The van der Waals surface area contributed by atoms with Crippen LogP contribution in [0.4, 0.5) is 0 Å². The topological polar surface area (TPSA) is 25.1 Å². The molecule has 4 fully saturated rings. The van der Waals surface area contributed by atoms with Gasteiger partial charge in [-0.25, -0.2) is 0 Å². The predicted molar refractivity (Wildman–Crippen MR) is 93.1 cm³/mol. The molecule has 0 N–H and O–H groups in total. The molecule has 2 heteroatoms. The number of ether oxygens (including phenoxy) is 2. The number of hydrogen-bond donors (Lipinski definition) is 0. The number of rotatable bonds is 1. The quantitative estimate of drug-likeness (QED) is 0.650. The van der Waals surface area contributed by atoms with E-state index >= 15 is 0 Å². The second kappa shape index (κ2) is 4.36. The van der Waals surface area contributed by atoms with Crippen LogP contribution >= 0.6 is 0 Å². The van der Waals surface area contributed by atoms with Gasteiger partial charge < -0.3 is 9.47 Å². The minimum Gasteiger partial charge on any atom is -0.366 e. The lowest BCUT2D eigenvalue weighted by Crippen LogP contribution is -2.59. The maximum Gasteiger partial charge on any atom is 0.0954 e. The van der Waals surface area contributed by atoms with E-state index in [1.807, 2.05) is 0 Å². The van der Waals surface area contributed by atoms with Gasteiger partial charge in [-0.05, 0) is 60.7 Å². The lowest BCUT2D eigenvalue weighted by atomic mass is 9.44. The minimum atomic E-state index is 0.103. The molecule has 0 radical (unpaired) electrons. The zero-order valence-electron chi connectivity index (χ0n) is 16.5. The molecule has 12 unspecified atom stereocenters. The van der Waals surface area contributed by atoms with Crippen LogP contribution < -0.4 is 0 Å². The van der Waals surface area contributed by atoms with E-state index < -0.39 is 0 Å². The first kappa shape index (κ1) is 16.4. The van der Waals surface area contributed by atoms with Crippen LogP contribution in [0.3, 0.4) is 0 Å². The molecular weight excluding hydrogens is 284 g/mol.